The van der Waals surface area contributed by atoms with Gasteiger partial charge in [-0.1, -0.05) is 98.9 Å². The third-order valence-electron chi connectivity index (χ3n) is 5.79. The summed E-state index contributed by atoms with van der Waals surface area (Å²) >= 11 is 0. The maximum absolute atomic E-state index is 11.3. The molecule has 0 bridgehead atoms. The van der Waals surface area contributed by atoms with Crippen molar-refractivity contribution in [3.63, 3.8) is 0 Å². The van der Waals surface area contributed by atoms with Gasteiger partial charge in [-0.3, -0.25) is 4.55 Å². The first-order chi connectivity index (χ1) is 19.2. The Labute approximate surface area is 236 Å². The van der Waals surface area contributed by atoms with E-state index in [9.17, 15) is 18.0 Å². The lowest BCUT2D eigenvalue weighted by atomic mass is 10.1. The number of rotatable bonds is 9. The molecule has 0 saturated heterocycles. The number of carbonyl (C=O) groups is 2. The SMILES string of the molecule is COC(=O)c1cc(C(=O)OC)cc(S(=O)(=O)O)c1.c1ccc(CP(Cc2ccccc2)Cc2ccccc2)cc1. The van der Waals surface area contributed by atoms with E-state index in [0.29, 0.717) is 0 Å². The highest BCUT2D eigenvalue weighted by Crippen LogP contribution is 2.46. The Bertz CT molecular complexity index is 1360. The van der Waals surface area contributed by atoms with Crippen LogP contribution in [0.3, 0.4) is 0 Å². The predicted octanol–water partition coefficient (Wildman–Crippen LogP) is 6.58. The van der Waals surface area contributed by atoms with Gasteiger partial charge in [-0.25, -0.2) is 9.59 Å². The molecule has 0 atom stereocenters. The highest BCUT2D eigenvalue weighted by Gasteiger charge is 2.19. The van der Waals surface area contributed by atoms with Crippen LogP contribution in [0.5, 0.6) is 0 Å². The molecule has 0 heterocycles. The molecule has 4 aromatic rings. The van der Waals surface area contributed by atoms with Crippen LogP contribution in [0.15, 0.2) is 114 Å². The molecule has 0 aliphatic rings. The van der Waals surface area contributed by atoms with E-state index >= 15 is 0 Å². The Morgan fingerprint density at radius 1 is 0.625 bits per heavy atom. The second-order valence-electron chi connectivity index (χ2n) is 8.81. The molecule has 4 aromatic carbocycles. The zero-order valence-electron chi connectivity index (χ0n) is 22.3. The van der Waals surface area contributed by atoms with Gasteiger partial charge in [0.2, 0.25) is 0 Å². The van der Waals surface area contributed by atoms with Crippen LogP contribution in [0, 0.1) is 0 Å². The van der Waals surface area contributed by atoms with E-state index in [0.717, 1.165) is 32.4 Å². The quantitative estimate of drug-likeness (QED) is 0.136. The van der Waals surface area contributed by atoms with Gasteiger partial charge < -0.3 is 9.47 Å². The summed E-state index contributed by atoms with van der Waals surface area (Å²) in [7, 11) is -2.44. The summed E-state index contributed by atoms with van der Waals surface area (Å²) in [5, 5.41) is 0. The van der Waals surface area contributed by atoms with Crippen molar-refractivity contribution in [2.75, 3.05) is 14.2 Å². The van der Waals surface area contributed by atoms with Crippen molar-refractivity contribution in [3.8, 4) is 0 Å². The number of hydrogen-bond donors (Lipinski definition) is 1. The van der Waals surface area contributed by atoms with Gasteiger partial charge in [-0.05, 0) is 53.4 Å². The fourth-order valence-electron chi connectivity index (χ4n) is 3.91. The van der Waals surface area contributed by atoms with E-state index in [2.05, 4.69) is 100 Å². The largest absolute Gasteiger partial charge is 0.465 e. The molecule has 4 rings (SSSR count). The number of benzene rings is 4. The van der Waals surface area contributed by atoms with Gasteiger partial charge in [0.25, 0.3) is 10.1 Å². The summed E-state index contributed by atoms with van der Waals surface area (Å²) in [4.78, 5) is 22.0. The van der Waals surface area contributed by atoms with Crippen LogP contribution in [0.1, 0.15) is 37.4 Å². The standard InChI is InChI=1S/C21H21P.C10H10O7S/c1-4-10-19(11-5-1)16-22(17-20-12-6-2-7-13-20)18-21-14-8-3-9-15-21;1-16-9(11)6-3-7(10(12)17-2)5-8(4-6)18(13,14)15/h1-15H,16-18H2;3-5H,1-2H3,(H,13,14,15). The summed E-state index contributed by atoms with van der Waals surface area (Å²) in [6.45, 7) is 0. The van der Waals surface area contributed by atoms with Crippen molar-refractivity contribution in [2.24, 2.45) is 0 Å². The van der Waals surface area contributed by atoms with Crippen molar-refractivity contribution >= 4 is 30.0 Å². The number of methoxy groups -OCH3 is 2. The third-order valence-corrected chi connectivity index (χ3v) is 9.06. The number of esters is 2. The van der Waals surface area contributed by atoms with Gasteiger partial charge >= 0.3 is 11.9 Å². The molecule has 0 saturated carbocycles. The van der Waals surface area contributed by atoms with E-state index < -0.39 is 27.0 Å². The maximum atomic E-state index is 11.3. The van der Waals surface area contributed by atoms with Crippen LogP contribution >= 0.6 is 7.92 Å². The number of carbonyl (C=O) groups excluding carboxylic acids is 2. The Hall–Kier alpha value is -3.84. The summed E-state index contributed by atoms with van der Waals surface area (Å²) in [5.41, 5.74) is 4.00. The molecule has 0 amide bonds. The molecular weight excluding hydrogens is 547 g/mol. The molecule has 1 N–H and O–H groups in total. The highest BCUT2D eigenvalue weighted by molar-refractivity contribution is 7.85. The number of ether oxygens (including phenoxy) is 2. The van der Waals surface area contributed by atoms with Crippen molar-refractivity contribution < 1.29 is 32.0 Å². The second-order valence-corrected chi connectivity index (χ2v) is 12.5. The van der Waals surface area contributed by atoms with Crippen molar-refractivity contribution in [1.29, 1.82) is 0 Å². The van der Waals surface area contributed by atoms with E-state index in [1.54, 1.807) is 0 Å². The summed E-state index contributed by atoms with van der Waals surface area (Å²) < 4.78 is 39.7. The predicted molar refractivity (Wildman–Crippen MR) is 156 cm³/mol. The zero-order valence-corrected chi connectivity index (χ0v) is 24.0. The van der Waals surface area contributed by atoms with E-state index in [4.69, 9.17) is 4.55 Å². The lowest BCUT2D eigenvalue weighted by Crippen LogP contribution is -2.09. The molecule has 0 spiro atoms. The minimum Gasteiger partial charge on any atom is -0.465 e. The molecule has 40 heavy (non-hydrogen) atoms. The van der Waals surface area contributed by atoms with E-state index in [1.165, 1.54) is 35.2 Å². The fraction of sp³-hybridized carbons (Fsp3) is 0.161. The first-order valence-electron chi connectivity index (χ1n) is 12.3. The lowest BCUT2D eigenvalue weighted by molar-refractivity contribution is 0.0598. The smallest absolute Gasteiger partial charge is 0.337 e. The van der Waals surface area contributed by atoms with Gasteiger partial charge in [0.15, 0.2) is 0 Å². The number of hydrogen-bond acceptors (Lipinski definition) is 6. The van der Waals surface area contributed by atoms with Crippen LogP contribution in [0.4, 0.5) is 0 Å². The summed E-state index contributed by atoms with van der Waals surface area (Å²) in [6.07, 6.45) is 3.58. The van der Waals surface area contributed by atoms with Crippen LogP contribution in [0.2, 0.25) is 0 Å². The molecule has 0 aromatic heterocycles. The Kier molecular flexibility index (Phi) is 11.6. The Morgan fingerprint density at radius 2 is 0.950 bits per heavy atom. The van der Waals surface area contributed by atoms with Gasteiger partial charge in [0.05, 0.1) is 30.2 Å². The summed E-state index contributed by atoms with van der Waals surface area (Å²) in [5.74, 6) is -1.68. The maximum Gasteiger partial charge on any atom is 0.337 e. The second kappa shape index (κ2) is 15.1. The molecule has 7 nitrogen and oxygen atoms in total. The first-order valence-corrected chi connectivity index (χ1v) is 15.7. The van der Waals surface area contributed by atoms with Crippen LogP contribution in [0.25, 0.3) is 0 Å². The average molecular weight is 579 g/mol. The summed E-state index contributed by atoms with van der Waals surface area (Å²) in [6, 6.07) is 35.6. The van der Waals surface area contributed by atoms with Gasteiger partial charge in [0.1, 0.15) is 0 Å². The molecule has 0 aliphatic carbocycles. The molecule has 0 fully saturated rings. The minimum atomic E-state index is -4.55. The van der Waals surface area contributed by atoms with E-state index in [1.807, 2.05) is 0 Å². The van der Waals surface area contributed by atoms with Crippen LogP contribution in [-0.4, -0.2) is 39.1 Å². The van der Waals surface area contributed by atoms with Crippen molar-refractivity contribution in [1.82, 2.24) is 0 Å². The average Bonchev–Trinajstić information content (AvgIpc) is 2.97. The van der Waals surface area contributed by atoms with Crippen LogP contribution < -0.4 is 0 Å². The van der Waals surface area contributed by atoms with Gasteiger partial charge in [0, 0.05) is 0 Å². The first kappa shape index (κ1) is 30.7. The van der Waals surface area contributed by atoms with Gasteiger partial charge in [-0.15, -0.1) is 0 Å². The Balaban J connectivity index is 0.000000226. The molecule has 0 aliphatic heterocycles. The monoisotopic (exact) mass is 578 g/mol. The van der Waals surface area contributed by atoms with Gasteiger partial charge in [-0.2, -0.15) is 8.42 Å². The minimum absolute atomic E-state index is 0.0895. The molecule has 208 valence electrons. The fourth-order valence-corrected chi connectivity index (χ4v) is 6.98. The van der Waals surface area contributed by atoms with Crippen molar-refractivity contribution in [3.05, 3.63) is 137 Å². The highest BCUT2D eigenvalue weighted by atomic mass is 32.2. The molecule has 0 radical (unpaired) electrons. The third kappa shape index (κ3) is 9.72. The normalized spacial score (nSPS) is 10.8. The molecular formula is C31H31O7PS. The molecule has 9 heteroatoms. The molecule has 0 unspecified atom stereocenters. The Morgan fingerprint density at radius 3 is 1.23 bits per heavy atom. The topological polar surface area (TPSA) is 107 Å². The lowest BCUT2D eigenvalue weighted by Gasteiger charge is -2.18. The van der Waals surface area contributed by atoms with E-state index in [-0.39, 0.29) is 19.0 Å². The zero-order chi connectivity index (χ0) is 29.0. The van der Waals surface area contributed by atoms with Crippen LogP contribution in [-0.2, 0) is 38.1 Å². The van der Waals surface area contributed by atoms with Crippen molar-refractivity contribution in [2.45, 2.75) is 23.4 Å².